The van der Waals surface area contributed by atoms with Crippen molar-refractivity contribution < 1.29 is 14.0 Å². The average molecular weight is 342 g/mol. The van der Waals surface area contributed by atoms with Crippen LogP contribution in [-0.4, -0.2) is 23.9 Å². The quantitative estimate of drug-likeness (QED) is 0.895. The van der Waals surface area contributed by atoms with E-state index in [0.29, 0.717) is 10.9 Å². The molecule has 22 heavy (non-hydrogen) atoms. The van der Waals surface area contributed by atoms with Crippen molar-refractivity contribution >= 4 is 40.6 Å². The maximum atomic E-state index is 13.6. The number of carbonyl (C=O) groups is 2. The van der Waals surface area contributed by atoms with Crippen LogP contribution in [0.5, 0.6) is 0 Å². The molecular weight excluding hydrogens is 329 g/mol. The molecule has 0 bridgehead atoms. The van der Waals surface area contributed by atoms with Crippen molar-refractivity contribution in [2.45, 2.75) is 6.54 Å². The van der Waals surface area contributed by atoms with E-state index in [1.54, 1.807) is 13.1 Å². The van der Waals surface area contributed by atoms with E-state index >= 15 is 0 Å². The van der Waals surface area contributed by atoms with Gasteiger partial charge in [0.25, 0.3) is 5.91 Å². The van der Waals surface area contributed by atoms with Gasteiger partial charge in [-0.05, 0) is 30.3 Å². The third-order valence-electron chi connectivity index (χ3n) is 2.85. The van der Waals surface area contributed by atoms with E-state index in [1.165, 1.54) is 28.4 Å². The van der Waals surface area contributed by atoms with Crippen molar-refractivity contribution in [3.05, 3.63) is 50.9 Å². The number of anilines is 1. The summed E-state index contributed by atoms with van der Waals surface area (Å²) in [6.07, 6.45) is 0. The number of halogens is 2. The molecule has 1 aromatic heterocycles. The number of urea groups is 1. The van der Waals surface area contributed by atoms with Gasteiger partial charge in [0.15, 0.2) is 0 Å². The predicted molar refractivity (Wildman–Crippen MR) is 84.7 cm³/mol. The molecule has 0 aliphatic heterocycles. The number of hydrogen-bond donors (Lipinski definition) is 2. The van der Waals surface area contributed by atoms with Crippen molar-refractivity contribution in [1.82, 2.24) is 4.90 Å². The van der Waals surface area contributed by atoms with Gasteiger partial charge in [-0.25, -0.2) is 9.18 Å². The Morgan fingerprint density at radius 2 is 2.09 bits per heavy atom. The van der Waals surface area contributed by atoms with Crippen molar-refractivity contribution in [1.29, 1.82) is 0 Å². The van der Waals surface area contributed by atoms with Gasteiger partial charge >= 0.3 is 6.03 Å². The molecule has 1 heterocycles. The van der Waals surface area contributed by atoms with Crippen LogP contribution >= 0.6 is 22.9 Å². The van der Waals surface area contributed by atoms with Crippen LogP contribution in [0.2, 0.25) is 4.34 Å². The molecule has 0 aliphatic rings. The Labute approximate surface area is 135 Å². The van der Waals surface area contributed by atoms with E-state index in [4.69, 9.17) is 17.3 Å². The molecular formula is C14H13ClFN3O2S. The van der Waals surface area contributed by atoms with E-state index in [2.05, 4.69) is 5.32 Å². The number of thiophene rings is 1. The second kappa shape index (κ2) is 6.76. The number of benzene rings is 1. The lowest BCUT2D eigenvalue weighted by Gasteiger charge is -2.17. The monoisotopic (exact) mass is 341 g/mol. The first-order valence-corrected chi connectivity index (χ1v) is 7.42. The molecule has 2 aromatic rings. The van der Waals surface area contributed by atoms with Crippen LogP contribution in [0.4, 0.5) is 14.9 Å². The van der Waals surface area contributed by atoms with E-state index in [0.717, 1.165) is 10.9 Å². The lowest BCUT2D eigenvalue weighted by Crippen LogP contribution is -2.30. The average Bonchev–Trinajstić information content (AvgIpc) is 2.83. The first-order valence-electron chi connectivity index (χ1n) is 6.22. The molecule has 0 unspecified atom stereocenters. The normalized spacial score (nSPS) is 10.3. The number of carbonyl (C=O) groups excluding carboxylic acids is 2. The topological polar surface area (TPSA) is 75.4 Å². The smallest absolute Gasteiger partial charge is 0.321 e. The largest absolute Gasteiger partial charge is 0.366 e. The van der Waals surface area contributed by atoms with Gasteiger partial charge in [-0.15, -0.1) is 11.3 Å². The standard InChI is InChI=1S/C14H13ClFN3O2S/c1-19(7-9-3-5-12(15)22-9)14(21)18-8-2-4-10(13(17)20)11(16)6-8/h2-6H,7H2,1H3,(H2,17,20)(H,18,21). The molecule has 0 radical (unpaired) electrons. The van der Waals surface area contributed by atoms with Crippen LogP contribution in [0.15, 0.2) is 30.3 Å². The minimum absolute atomic E-state index is 0.223. The highest BCUT2D eigenvalue weighted by molar-refractivity contribution is 7.16. The number of rotatable bonds is 4. The molecule has 2 rings (SSSR count). The minimum Gasteiger partial charge on any atom is -0.366 e. The fourth-order valence-electron chi connectivity index (χ4n) is 1.75. The summed E-state index contributed by atoms with van der Waals surface area (Å²) < 4.78 is 14.3. The highest BCUT2D eigenvalue weighted by Gasteiger charge is 2.13. The second-order valence-corrected chi connectivity index (χ2v) is 6.35. The molecule has 0 fully saturated rings. The molecule has 0 saturated carbocycles. The van der Waals surface area contributed by atoms with Crippen LogP contribution in [0.25, 0.3) is 0 Å². The molecule has 116 valence electrons. The summed E-state index contributed by atoms with van der Waals surface area (Å²) in [6.45, 7) is 0.380. The van der Waals surface area contributed by atoms with Gasteiger partial charge in [-0.3, -0.25) is 4.79 Å². The van der Waals surface area contributed by atoms with Gasteiger partial charge < -0.3 is 16.0 Å². The van der Waals surface area contributed by atoms with Crippen LogP contribution in [0, 0.1) is 5.82 Å². The number of nitrogens with two attached hydrogens (primary N) is 1. The lowest BCUT2D eigenvalue weighted by molar-refractivity contribution is 0.0996. The lowest BCUT2D eigenvalue weighted by atomic mass is 10.2. The molecule has 0 atom stereocenters. The van der Waals surface area contributed by atoms with Crippen molar-refractivity contribution in [3.63, 3.8) is 0 Å². The summed E-state index contributed by atoms with van der Waals surface area (Å²) in [5.74, 6) is -1.64. The highest BCUT2D eigenvalue weighted by Crippen LogP contribution is 2.22. The summed E-state index contributed by atoms with van der Waals surface area (Å²) in [6, 6.07) is 6.87. The van der Waals surface area contributed by atoms with Crippen molar-refractivity contribution in [2.75, 3.05) is 12.4 Å². The zero-order valence-electron chi connectivity index (χ0n) is 11.6. The van der Waals surface area contributed by atoms with Gasteiger partial charge in [0.05, 0.1) is 16.4 Å². The van der Waals surface area contributed by atoms with Crippen molar-refractivity contribution in [3.8, 4) is 0 Å². The summed E-state index contributed by atoms with van der Waals surface area (Å²) in [7, 11) is 1.61. The molecule has 1 aromatic carbocycles. The van der Waals surface area contributed by atoms with Crippen LogP contribution < -0.4 is 11.1 Å². The van der Waals surface area contributed by atoms with E-state index in [1.807, 2.05) is 6.07 Å². The summed E-state index contributed by atoms with van der Waals surface area (Å²) in [5, 5.41) is 2.54. The van der Waals surface area contributed by atoms with E-state index < -0.39 is 17.8 Å². The van der Waals surface area contributed by atoms with Crippen molar-refractivity contribution in [2.24, 2.45) is 5.73 Å². The zero-order valence-corrected chi connectivity index (χ0v) is 13.2. The summed E-state index contributed by atoms with van der Waals surface area (Å²) in [5.41, 5.74) is 5.03. The Balaban J connectivity index is 2.02. The third kappa shape index (κ3) is 3.96. The molecule has 8 heteroatoms. The Morgan fingerprint density at radius 1 is 1.36 bits per heavy atom. The molecule has 5 nitrogen and oxygen atoms in total. The van der Waals surface area contributed by atoms with Gasteiger partial charge in [0.1, 0.15) is 5.82 Å². The van der Waals surface area contributed by atoms with Gasteiger partial charge in [0.2, 0.25) is 0 Å². The Hall–Kier alpha value is -2.12. The number of amides is 3. The molecule has 0 saturated heterocycles. The number of nitrogens with zero attached hydrogens (tertiary/aromatic N) is 1. The van der Waals surface area contributed by atoms with Crippen LogP contribution in [0.1, 0.15) is 15.2 Å². The minimum atomic E-state index is -0.859. The number of nitrogens with one attached hydrogen (secondary N) is 1. The molecule has 0 spiro atoms. The maximum Gasteiger partial charge on any atom is 0.321 e. The number of hydrogen-bond acceptors (Lipinski definition) is 3. The fourth-order valence-corrected chi connectivity index (χ4v) is 2.90. The SMILES string of the molecule is CN(Cc1ccc(Cl)s1)C(=O)Nc1ccc(C(N)=O)c(F)c1. The van der Waals surface area contributed by atoms with E-state index in [9.17, 15) is 14.0 Å². The zero-order chi connectivity index (χ0) is 16.3. The summed E-state index contributed by atoms with van der Waals surface area (Å²) in [4.78, 5) is 25.3. The predicted octanol–water partition coefficient (Wildman–Crippen LogP) is 3.30. The van der Waals surface area contributed by atoms with E-state index in [-0.39, 0.29) is 11.3 Å². The molecule has 0 aliphatic carbocycles. The van der Waals surface area contributed by atoms with Gasteiger partial charge in [0, 0.05) is 17.6 Å². The Morgan fingerprint density at radius 3 is 2.64 bits per heavy atom. The summed E-state index contributed by atoms with van der Waals surface area (Å²) >= 11 is 7.21. The first-order chi connectivity index (χ1) is 10.4. The number of primary amides is 1. The highest BCUT2D eigenvalue weighted by atomic mass is 35.5. The fraction of sp³-hybridized carbons (Fsp3) is 0.143. The molecule has 3 amide bonds. The molecule has 3 N–H and O–H groups in total. The third-order valence-corrected chi connectivity index (χ3v) is 4.07. The second-order valence-electron chi connectivity index (χ2n) is 4.55. The first kappa shape index (κ1) is 16.3. The van der Waals surface area contributed by atoms with Crippen LogP contribution in [0.3, 0.4) is 0 Å². The Bertz CT molecular complexity index is 720. The maximum absolute atomic E-state index is 13.6. The van der Waals surface area contributed by atoms with Gasteiger partial charge in [-0.2, -0.15) is 0 Å². The Kier molecular flexibility index (Phi) is 4.99. The van der Waals surface area contributed by atoms with Crippen LogP contribution in [-0.2, 0) is 6.54 Å². The van der Waals surface area contributed by atoms with Gasteiger partial charge in [-0.1, -0.05) is 11.6 Å².